The van der Waals surface area contributed by atoms with Crippen molar-refractivity contribution in [3.05, 3.63) is 74.6 Å². The number of carbonyl (C=O) groups is 1. The number of halogens is 1. The number of hydrogen-bond acceptors (Lipinski definition) is 2. The Morgan fingerprint density at radius 1 is 1.08 bits per heavy atom. The molecule has 0 spiro atoms. The molecule has 124 valence electrons. The van der Waals surface area contributed by atoms with Crippen molar-refractivity contribution in [3.8, 4) is 0 Å². The van der Waals surface area contributed by atoms with E-state index < -0.39 is 0 Å². The Morgan fingerprint density at radius 2 is 1.84 bits per heavy atom. The maximum atomic E-state index is 12.7. The third-order valence-corrected chi connectivity index (χ3v) is 6.26. The van der Waals surface area contributed by atoms with Crippen molar-refractivity contribution in [3.63, 3.8) is 0 Å². The summed E-state index contributed by atoms with van der Waals surface area (Å²) < 4.78 is 4.21. The highest BCUT2D eigenvalue weighted by atomic mass is 127. The number of thiazole rings is 1. The van der Waals surface area contributed by atoms with Gasteiger partial charge in [0.2, 0.25) is 0 Å². The lowest BCUT2D eigenvalue weighted by Gasteiger charge is -2.02. The number of aromatic nitrogens is 1. The van der Waals surface area contributed by atoms with Gasteiger partial charge in [-0.2, -0.15) is 4.99 Å². The van der Waals surface area contributed by atoms with E-state index in [2.05, 4.69) is 63.3 Å². The maximum absolute atomic E-state index is 12.7. The SMILES string of the molecule is CCn1c(=NC(=O)c2ccccc2I)sc2c3ccccc3ccc21. The molecular weight excluding hydrogens is 443 g/mol. The summed E-state index contributed by atoms with van der Waals surface area (Å²) in [6, 6.07) is 20.1. The minimum atomic E-state index is -0.192. The second-order valence-corrected chi connectivity index (χ2v) is 7.80. The zero-order valence-corrected chi connectivity index (χ0v) is 16.5. The van der Waals surface area contributed by atoms with E-state index >= 15 is 0 Å². The molecule has 0 aliphatic rings. The Labute approximate surface area is 162 Å². The monoisotopic (exact) mass is 458 g/mol. The number of rotatable bonds is 2. The van der Waals surface area contributed by atoms with Crippen LogP contribution in [-0.4, -0.2) is 10.5 Å². The van der Waals surface area contributed by atoms with Gasteiger partial charge in [0.05, 0.1) is 15.8 Å². The molecule has 1 heterocycles. The zero-order chi connectivity index (χ0) is 17.4. The van der Waals surface area contributed by atoms with Gasteiger partial charge in [0, 0.05) is 15.5 Å². The highest BCUT2D eigenvalue weighted by Crippen LogP contribution is 2.27. The molecule has 0 bridgehead atoms. The number of fused-ring (bicyclic) bond motifs is 3. The van der Waals surface area contributed by atoms with Crippen molar-refractivity contribution >= 4 is 60.8 Å². The molecule has 0 aliphatic heterocycles. The normalized spacial score (nSPS) is 12.2. The van der Waals surface area contributed by atoms with E-state index in [1.165, 1.54) is 15.5 Å². The van der Waals surface area contributed by atoms with Crippen LogP contribution in [0.4, 0.5) is 0 Å². The predicted molar refractivity (Wildman–Crippen MR) is 112 cm³/mol. The van der Waals surface area contributed by atoms with Gasteiger partial charge in [-0.05, 0) is 53.1 Å². The first-order valence-electron chi connectivity index (χ1n) is 8.03. The van der Waals surface area contributed by atoms with Crippen LogP contribution in [0.1, 0.15) is 17.3 Å². The lowest BCUT2D eigenvalue weighted by molar-refractivity contribution is 0.0997. The van der Waals surface area contributed by atoms with Gasteiger partial charge in [-0.25, -0.2) is 0 Å². The fourth-order valence-corrected chi connectivity index (χ4v) is 4.82. The number of hydrogen-bond donors (Lipinski definition) is 0. The van der Waals surface area contributed by atoms with Crippen LogP contribution in [-0.2, 0) is 6.54 Å². The Balaban J connectivity index is 1.97. The minimum absolute atomic E-state index is 0.192. The molecule has 25 heavy (non-hydrogen) atoms. The number of amides is 1. The van der Waals surface area contributed by atoms with Gasteiger partial charge >= 0.3 is 0 Å². The van der Waals surface area contributed by atoms with Crippen molar-refractivity contribution in [2.45, 2.75) is 13.5 Å². The van der Waals surface area contributed by atoms with Crippen molar-refractivity contribution < 1.29 is 4.79 Å². The highest BCUT2D eigenvalue weighted by molar-refractivity contribution is 14.1. The fraction of sp³-hybridized carbons (Fsp3) is 0.100. The Morgan fingerprint density at radius 3 is 2.64 bits per heavy atom. The van der Waals surface area contributed by atoms with E-state index in [9.17, 15) is 4.79 Å². The highest BCUT2D eigenvalue weighted by Gasteiger charge is 2.12. The molecule has 0 unspecified atom stereocenters. The third-order valence-electron chi connectivity index (χ3n) is 4.19. The van der Waals surface area contributed by atoms with Crippen molar-refractivity contribution in [2.75, 3.05) is 0 Å². The average Bonchev–Trinajstić information content (AvgIpc) is 2.99. The largest absolute Gasteiger partial charge is 0.317 e. The van der Waals surface area contributed by atoms with Crippen LogP contribution < -0.4 is 4.80 Å². The van der Waals surface area contributed by atoms with Gasteiger partial charge in [0.1, 0.15) is 0 Å². The van der Waals surface area contributed by atoms with E-state index in [-0.39, 0.29) is 5.91 Å². The van der Waals surface area contributed by atoms with E-state index in [1.807, 2.05) is 36.4 Å². The Kier molecular flexibility index (Phi) is 4.43. The summed E-state index contributed by atoms with van der Waals surface area (Å²) in [4.78, 5) is 17.9. The topological polar surface area (TPSA) is 34.4 Å². The number of aryl methyl sites for hydroxylation is 1. The summed E-state index contributed by atoms with van der Waals surface area (Å²) in [5.74, 6) is -0.192. The Bertz CT molecular complexity index is 1170. The molecule has 0 fully saturated rings. The predicted octanol–water partition coefficient (Wildman–Crippen LogP) is 5.22. The molecule has 0 aliphatic carbocycles. The molecule has 5 heteroatoms. The van der Waals surface area contributed by atoms with E-state index in [0.717, 1.165) is 20.4 Å². The Hall–Kier alpha value is -1.99. The van der Waals surface area contributed by atoms with Gasteiger partial charge in [-0.15, -0.1) is 0 Å². The van der Waals surface area contributed by atoms with Crippen LogP contribution in [0.5, 0.6) is 0 Å². The number of carbonyl (C=O) groups excluding carboxylic acids is 1. The first-order valence-corrected chi connectivity index (χ1v) is 9.93. The minimum Gasteiger partial charge on any atom is -0.317 e. The van der Waals surface area contributed by atoms with Crippen LogP contribution >= 0.6 is 33.9 Å². The molecule has 3 aromatic carbocycles. The first kappa shape index (κ1) is 16.5. The van der Waals surface area contributed by atoms with Crippen LogP contribution in [0, 0.1) is 3.57 Å². The summed E-state index contributed by atoms with van der Waals surface area (Å²) in [6.45, 7) is 2.85. The first-order chi connectivity index (χ1) is 12.2. The molecular formula is C20H15IN2OS. The van der Waals surface area contributed by atoms with Gasteiger partial charge in [0.25, 0.3) is 5.91 Å². The molecule has 4 rings (SSSR count). The molecule has 0 N–H and O–H groups in total. The summed E-state index contributed by atoms with van der Waals surface area (Å²) in [5.41, 5.74) is 1.77. The standard InChI is InChI=1S/C20H15IN2OS/c1-2-23-17-12-11-13-7-3-4-8-14(13)18(17)25-20(23)22-19(24)15-9-5-6-10-16(15)21/h3-12H,2H2,1H3. The van der Waals surface area contributed by atoms with Crippen LogP contribution in [0.2, 0.25) is 0 Å². The molecule has 3 nitrogen and oxygen atoms in total. The summed E-state index contributed by atoms with van der Waals surface area (Å²) in [5, 5.41) is 2.41. The second kappa shape index (κ2) is 6.72. The number of nitrogens with zero attached hydrogens (tertiary/aromatic N) is 2. The zero-order valence-electron chi connectivity index (χ0n) is 13.6. The fourth-order valence-electron chi connectivity index (χ4n) is 2.97. The van der Waals surface area contributed by atoms with Crippen LogP contribution in [0.3, 0.4) is 0 Å². The molecule has 1 amide bonds. The van der Waals surface area contributed by atoms with Gasteiger partial charge < -0.3 is 4.57 Å². The smallest absolute Gasteiger partial charge is 0.280 e. The number of benzene rings is 3. The molecule has 0 radical (unpaired) electrons. The molecule has 0 saturated carbocycles. The lowest BCUT2D eigenvalue weighted by Crippen LogP contribution is -2.16. The van der Waals surface area contributed by atoms with E-state index in [4.69, 9.17) is 0 Å². The van der Waals surface area contributed by atoms with Crippen LogP contribution in [0.25, 0.3) is 21.0 Å². The third kappa shape index (κ3) is 2.91. The second-order valence-electron chi connectivity index (χ2n) is 5.66. The summed E-state index contributed by atoms with van der Waals surface area (Å²) in [6.07, 6.45) is 0. The summed E-state index contributed by atoms with van der Waals surface area (Å²) >= 11 is 3.76. The van der Waals surface area contributed by atoms with Crippen molar-refractivity contribution in [1.82, 2.24) is 4.57 Å². The average molecular weight is 458 g/mol. The van der Waals surface area contributed by atoms with Crippen LogP contribution in [0.15, 0.2) is 65.7 Å². The molecule has 1 aromatic heterocycles. The van der Waals surface area contributed by atoms with E-state index in [1.54, 1.807) is 11.3 Å². The van der Waals surface area contributed by atoms with Gasteiger partial charge in [-0.3, -0.25) is 4.79 Å². The van der Waals surface area contributed by atoms with E-state index in [0.29, 0.717) is 5.56 Å². The van der Waals surface area contributed by atoms with Gasteiger partial charge in [-0.1, -0.05) is 53.8 Å². The maximum Gasteiger partial charge on any atom is 0.280 e. The van der Waals surface area contributed by atoms with Crippen molar-refractivity contribution in [1.29, 1.82) is 0 Å². The lowest BCUT2D eigenvalue weighted by atomic mass is 10.1. The summed E-state index contributed by atoms with van der Waals surface area (Å²) in [7, 11) is 0. The van der Waals surface area contributed by atoms with Crippen molar-refractivity contribution in [2.24, 2.45) is 4.99 Å². The molecule has 0 atom stereocenters. The quantitative estimate of drug-likeness (QED) is 0.380. The molecule has 0 saturated heterocycles. The molecule has 4 aromatic rings. The van der Waals surface area contributed by atoms with Gasteiger partial charge in [0.15, 0.2) is 4.80 Å².